The Bertz CT molecular complexity index is 881. The van der Waals surface area contributed by atoms with Crippen LogP contribution in [0.5, 0.6) is 0 Å². The van der Waals surface area contributed by atoms with Gasteiger partial charge in [-0.1, -0.05) is 77.1 Å². The quantitative estimate of drug-likeness (QED) is 0.364. The van der Waals surface area contributed by atoms with E-state index in [4.69, 9.17) is 0 Å². The Hall–Kier alpha value is -1.84. The zero-order valence-corrected chi connectivity index (χ0v) is 18.9. The number of hydrogen-bond donors (Lipinski definition) is 0. The molecule has 0 radical (unpaired) electrons. The Kier molecular flexibility index (Phi) is 8.18. The summed E-state index contributed by atoms with van der Waals surface area (Å²) in [5.74, 6) is -2.92. The van der Waals surface area contributed by atoms with Gasteiger partial charge in [0.2, 0.25) is 0 Å². The molecule has 2 aromatic rings. The Morgan fingerprint density at radius 1 is 0.806 bits per heavy atom. The lowest BCUT2D eigenvalue weighted by atomic mass is 9.79. The van der Waals surface area contributed by atoms with Crippen molar-refractivity contribution in [1.82, 2.24) is 0 Å². The predicted octanol–water partition coefficient (Wildman–Crippen LogP) is 8.96. The van der Waals surface area contributed by atoms with Gasteiger partial charge in [-0.05, 0) is 54.6 Å². The fourth-order valence-electron chi connectivity index (χ4n) is 4.93. The zero-order valence-electron chi connectivity index (χ0n) is 18.9. The summed E-state index contributed by atoms with van der Waals surface area (Å²) in [6.07, 6.45) is 8.03. The first kappa shape index (κ1) is 23.8. The maximum atomic E-state index is 14.9. The highest BCUT2D eigenvalue weighted by molar-refractivity contribution is 5.66. The molecule has 31 heavy (non-hydrogen) atoms. The van der Waals surface area contributed by atoms with E-state index in [1.54, 1.807) is 6.07 Å². The van der Waals surface area contributed by atoms with Gasteiger partial charge in [0, 0.05) is 11.1 Å². The SMILES string of the molecule is CCCC(C)CCCc1ccc(-c2ccc(C3CCC(C)CC3)c(F)c2F)c(F)c1F. The topological polar surface area (TPSA) is 0 Å². The largest absolute Gasteiger partial charge is 0.203 e. The fraction of sp³-hybridized carbons (Fsp3) is 0.556. The first-order valence-corrected chi connectivity index (χ1v) is 11.8. The van der Waals surface area contributed by atoms with Gasteiger partial charge in [0.15, 0.2) is 23.3 Å². The van der Waals surface area contributed by atoms with Crippen LogP contribution in [0, 0.1) is 35.1 Å². The van der Waals surface area contributed by atoms with Gasteiger partial charge < -0.3 is 0 Å². The molecule has 1 fully saturated rings. The van der Waals surface area contributed by atoms with Gasteiger partial charge in [-0.2, -0.15) is 0 Å². The molecule has 0 aliphatic heterocycles. The highest BCUT2D eigenvalue weighted by Crippen LogP contribution is 2.39. The standard InChI is InChI=1S/C27H34F4/c1-4-6-17(2)7-5-8-20-13-14-22(26(30)24(20)28)23-16-15-21(25(29)27(23)31)19-11-9-18(3)10-12-19/h13-19H,4-12H2,1-3H3. The van der Waals surface area contributed by atoms with E-state index >= 15 is 0 Å². The average Bonchev–Trinajstić information content (AvgIpc) is 2.75. The summed E-state index contributed by atoms with van der Waals surface area (Å²) >= 11 is 0. The monoisotopic (exact) mass is 434 g/mol. The van der Waals surface area contributed by atoms with Crippen LogP contribution in [0.1, 0.15) is 89.2 Å². The minimum Gasteiger partial charge on any atom is -0.203 e. The van der Waals surface area contributed by atoms with Gasteiger partial charge in [0.25, 0.3) is 0 Å². The van der Waals surface area contributed by atoms with Crippen LogP contribution in [-0.2, 0) is 6.42 Å². The van der Waals surface area contributed by atoms with Crippen molar-refractivity contribution in [2.24, 2.45) is 11.8 Å². The maximum Gasteiger partial charge on any atom is 0.167 e. The minimum atomic E-state index is -1.10. The highest BCUT2D eigenvalue weighted by Gasteiger charge is 2.26. The second-order valence-electron chi connectivity index (χ2n) is 9.47. The van der Waals surface area contributed by atoms with Crippen molar-refractivity contribution < 1.29 is 17.6 Å². The molecule has 0 aromatic heterocycles. The fourth-order valence-corrected chi connectivity index (χ4v) is 4.93. The lowest BCUT2D eigenvalue weighted by molar-refractivity contribution is 0.339. The summed E-state index contributed by atoms with van der Waals surface area (Å²) in [5.41, 5.74) is 0.205. The van der Waals surface area contributed by atoms with Gasteiger partial charge in [0.05, 0.1) is 0 Å². The summed E-state index contributed by atoms with van der Waals surface area (Å²) in [4.78, 5) is 0. The molecule has 1 atom stereocenters. The normalized spacial score (nSPS) is 20.1. The van der Waals surface area contributed by atoms with Crippen molar-refractivity contribution in [3.05, 3.63) is 58.7 Å². The van der Waals surface area contributed by atoms with Crippen LogP contribution in [0.25, 0.3) is 11.1 Å². The molecule has 0 bridgehead atoms. The van der Waals surface area contributed by atoms with E-state index < -0.39 is 23.3 Å². The summed E-state index contributed by atoms with van der Waals surface area (Å²) in [5, 5.41) is 0. The number of aryl methyl sites for hydroxylation is 1. The van der Waals surface area contributed by atoms with Crippen molar-refractivity contribution >= 4 is 0 Å². The second kappa shape index (κ2) is 10.7. The van der Waals surface area contributed by atoms with E-state index in [0.29, 0.717) is 29.4 Å². The lowest BCUT2D eigenvalue weighted by Crippen LogP contribution is -2.13. The Labute approximate surface area is 184 Å². The van der Waals surface area contributed by atoms with E-state index in [1.807, 2.05) is 0 Å². The van der Waals surface area contributed by atoms with Crippen molar-refractivity contribution in [3.63, 3.8) is 0 Å². The van der Waals surface area contributed by atoms with E-state index in [2.05, 4.69) is 20.8 Å². The summed E-state index contributed by atoms with van der Waals surface area (Å²) in [6, 6.07) is 5.83. The second-order valence-corrected chi connectivity index (χ2v) is 9.47. The van der Waals surface area contributed by atoms with E-state index in [9.17, 15) is 17.6 Å². The lowest BCUT2D eigenvalue weighted by Gasteiger charge is -2.27. The smallest absolute Gasteiger partial charge is 0.167 e. The van der Waals surface area contributed by atoms with Crippen LogP contribution >= 0.6 is 0 Å². The molecule has 0 spiro atoms. The Balaban J connectivity index is 1.79. The summed E-state index contributed by atoms with van der Waals surface area (Å²) in [7, 11) is 0. The molecule has 1 unspecified atom stereocenters. The summed E-state index contributed by atoms with van der Waals surface area (Å²) < 4.78 is 59.2. The number of rotatable bonds is 8. The third kappa shape index (κ3) is 5.51. The van der Waals surface area contributed by atoms with Gasteiger partial charge in [0.1, 0.15) is 0 Å². The molecule has 0 saturated heterocycles. The van der Waals surface area contributed by atoms with E-state index in [1.165, 1.54) is 18.2 Å². The van der Waals surface area contributed by atoms with Crippen molar-refractivity contribution in [3.8, 4) is 11.1 Å². The third-order valence-electron chi connectivity index (χ3n) is 6.94. The minimum absolute atomic E-state index is 0.0150. The van der Waals surface area contributed by atoms with Crippen LogP contribution in [0.15, 0.2) is 24.3 Å². The zero-order chi connectivity index (χ0) is 22.5. The van der Waals surface area contributed by atoms with Crippen LogP contribution in [0.3, 0.4) is 0 Å². The first-order valence-electron chi connectivity index (χ1n) is 11.8. The third-order valence-corrected chi connectivity index (χ3v) is 6.94. The molecule has 1 aliphatic rings. The highest BCUT2D eigenvalue weighted by atomic mass is 19.2. The molecule has 1 saturated carbocycles. The Morgan fingerprint density at radius 3 is 2.06 bits per heavy atom. The van der Waals surface area contributed by atoms with Crippen molar-refractivity contribution in [2.45, 2.75) is 84.5 Å². The molecule has 0 heterocycles. The van der Waals surface area contributed by atoms with Crippen molar-refractivity contribution in [2.75, 3.05) is 0 Å². The number of halogens is 4. The van der Waals surface area contributed by atoms with Gasteiger partial charge in [-0.15, -0.1) is 0 Å². The molecule has 4 heteroatoms. The van der Waals surface area contributed by atoms with Gasteiger partial charge in [-0.3, -0.25) is 0 Å². The molecule has 0 amide bonds. The van der Waals surface area contributed by atoms with Gasteiger partial charge >= 0.3 is 0 Å². The van der Waals surface area contributed by atoms with Crippen LogP contribution < -0.4 is 0 Å². The van der Waals surface area contributed by atoms with Crippen LogP contribution in [0.2, 0.25) is 0 Å². The van der Waals surface area contributed by atoms with E-state index in [-0.39, 0.29) is 17.0 Å². The molecule has 2 aromatic carbocycles. The molecule has 1 aliphatic carbocycles. The first-order chi connectivity index (χ1) is 14.8. The maximum absolute atomic E-state index is 14.9. The van der Waals surface area contributed by atoms with Crippen molar-refractivity contribution in [1.29, 1.82) is 0 Å². The molecule has 0 nitrogen and oxygen atoms in total. The number of benzene rings is 2. The van der Waals surface area contributed by atoms with E-state index in [0.717, 1.165) is 51.4 Å². The average molecular weight is 435 g/mol. The molecule has 3 rings (SSSR count). The molecular weight excluding hydrogens is 400 g/mol. The van der Waals surface area contributed by atoms with Crippen LogP contribution in [0.4, 0.5) is 17.6 Å². The predicted molar refractivity (Wildman–Crippen MR) is 119 cm³/mol. The van der Waals surface area contributed by atoms with Gasteiger partial charge in [-0.25, -0.2) is 17.6 Å². The van der Waals surface area contributed by atoms with Crippen LogP contribution in [-0.4, -0.2) is 0 Å². The molecule has 0 N–H and O–H groups in total. The molecule has 170 valence electrons. The Morgan fingerprint density at radius 2 is 1.42 bits per heavy atom. The molecular formula is C27H34F4. The summed E-state index contributed by atoms with van der Waals surface area (Å²) in [6.45, 7) is 6.47. The number of hydrogen-bond acceptors (Lipinski definition) is 0.